The first-order valence-electron chi connectivity index (χ1n) is 3.75. The van der Waals surface area contributed by atoms with Crippen LogP contribution in [0.5, 0.6) is 0 Å². The highest BCUT2D eigenvalue weighted by Gasteiger charge is 2.09. The van der Waals surface area contributed by atoms with Crippen molar-refractivity contribution in [1.29, 1.82) is 0 Å². The molecule has 60 valence electrons. The van der Waals surface area contributed by atoms with Crippen LogP contribution in [0.1, 0.15) is 11.1 Å². The summed E-state index contributed by atoms with van der Waals surface area (Å²) in [4.78, 5) is 10.9. The molecule has 0 aromatic heterocycles. The molecule has 0 heterocycles. The monoisotopic (exact) mass is 162 g/mol. The molecule has 0 N–H and O–H groups in total. The number of carbonyl (C=O) groups is 1. The van der Waals surface area contributed by atoms with Gasteiger partial charge in [0.15, 0.2) is 5.78 Å². The second-order valence-electron chi connectivity index (χ2n) is 2.82. The Morgan fingerprint density at radius 3 is 2.92 bits per heavy atom. The number of benzene rings is 1. The molecule has 0 bridgehead atoms. The molecule has 1 aromatic rings. The van der Waals surface area contributed by atoms with Gasteiger partial charge in [-0.2, -0.15) is 0 Å². The van der Waals surface area contributed by atoms with Crippen molar-refractivity contribution < 1.29 is 9.18 Å². The number of hydrogen-bond acceptors (Lipinski definition) is 1. The van der Waals surface area contributed by atoms with Gasteiger partial charge in [-0.15, -0.1) is 0 Å². The highest BCUT2D eigenvalue weighted by molar-refractivity contribution is 5.98. The van der Waals surface area contributed by atoms with Gasteiger partial charge in [0.1, 0.15) is 5.82 Å². The second-order valence-corrected chi connectivity index (χ2v) is 2.82. The summed E-state index contributed by atoms with van der Waals surface area (Å²) >= 11 is 0. The van der Waals surface area contributed by atoms with Crippen molar-refractivity contribution in [3.8, 4) is 0 Å². The zero-order valence-corrected chi connectivity index (χ0v) is 6.38. The summed E-state index contributed by atoms with van der Waals surface area (Å²) in [6, 6.07) is 4.48. The topological polar surface area (TPSA) is 17.1 Å². The lowest BCUT2D eigenvalue weighted by Crippen LogP contribution is -2.05. The molecule has 0 spiro atoms. The van der Waals surface area contributed by atoms with Crippen LogP contribution in [0.3, 0.4) is 0 Å². The number of hydrogen-bond donors (Lipinski definition) is 0. The summed E-state index contributed by atoms with van der Waals surface area (Å²) in [5.74, 6) is -0.179. The van der Waals surface area contributed by atoms with E-state index in [0.29, 0.717) is 6.42 Å². The van der Waals surface area contributed by atoms with Crippen LogP contribution in [0.15, 0.2) is 24.3 Å². The van der Waals surface area contributed by atoms with Gasteiger partial charge in [0, 0.05) is 6.42 Å². The number of ketones is 1. The van der Waals surface area contributed by atoms with Crippen molar-refractivity contribution in [3.05, 3.63) is 41.2 Å². The largest absolute Gasteiger partial charge is 0.294 e. The van der Waals surface area contributed by atoms with Crippen LogP contribution < -0.4 is 0 Å². The summed E-state index contributed by atoms with van der Waals surface area (Å²) in [5.41, 5.74) is 1.72. The van der Waals surface area contributed by atoms with E-state index in [1.807, 2.05) is 0 Å². The van der Waals surface area contributed by atoms with Gasteiger partial charge in [-0.1, -0.05) is 12.1 Å². The summed E-state index contributed by atoms with van der Waals surface area (Å²) in [5, 5.41) is 0. The third kappa shape index (κ3) is 1.16. The van der Waals surface area contributed by atoms with Crippen molar-refractivity contribution in [1.82, 2.24) is 0 Å². The molecule has 0 saturated carbocycles. The fourth-order valence-corrected chi connectivity index (χ4v) is 1.31. The van der Waals surface area contributed by atoms with Gasteiger partial charge in [-0.25, -0.2) is 4.39 Å². The molecule has 0 fully saturated rings. The summed E-state index contributed by atoms with van der Waals surface area (Å²) in [6.45, 7) is 0. The zero-order valence-electron chi connectivity index (χ0n) is 6.38. The Morgan fingerprint density at radius 2 is 2.08 bits per heavy atom. The number of carbonyl (C=O) groups excluding carboxylic acids is 1. The minimum Gasteiger partial charge on any atom is -0.294 e. The fourth-order valence-electron chi connectivity index (χ4n) is 1.31. The molecular formula is C10H7FO. The molecule has 1 aliphatic rings. The second kappa shape index (κ2) is 2.55. The standard InChI is InChI=1S/C10H7FO/c11-9-3-1-8-6-10(12)4-2-7(8)5-9/h1-5H,6H2. The van der Waals surface area contributed by atoms with Gasteiger partial charge >= 0.3 is 0 Å². The van der Waals surface area contributed by atoms with Gasteiger partial charge in [-0.3, -0.25) is 4.79 Å². The molecule has 1 nitrogen and oxygen atoms in total. The van der Waals surface area contributed by atoms with E-state index in [9.17, 15) is 9.18 Å². The summed E-state index contributed by atoms with van der Waals surface area (Å²) < 4.78 is 12.7. The maximum absolute atomic E-state index is 12.7. The van der Waals surface area contributed by atoms with Crippen molar-refractivity contribution in [3.63, 3.8) is 0 Å². The first kappa shape index (κ1) is 7.22. The Kier molecular flexibility index (Phi) is 1.54. The molecule has 0 atom stereocenters. The van der Waals surface area contributed by atoms with E-state index in [4.69, 9.17) is 0 Å². The Bertz CT molecular complexity index is 366. The first-order chi connectivity index (χ1) is 5.75. The van der Waals surface area contributed by atoms with Crippen molar-refractivity contribution in [2.45, 2.75) is 6.42 Å². The maximum Gasteiger partial charge on any atom is 0.160 e. The number of allylic oxidation sites excluding steroid dienone is 1. The molecule has 2 rings (SSSR count). The van der Waals surface area contributed by atoms with E-state index in [2.05, 4.69) is 0 Å². The molecule has 2 heteroatoms. The molecule has 1 aliphatic carbocycles. The SMILES string of the molecule is O=C1C=Cc2cc(F)ccc2C1. The fraction of sp³-hybridized carbons (Fsp3) is 0.100. The van der Waals surface area contributed by atoms with Gasteiger partial charge in [-0.05, 0) is 29.3 Å². The smallest absolute Gasteiger partial charge is 0.160 e. The number of rotatable bonds is 0. The predicted octanol–water partition coefficient (Wildman–Crippen LogP) is 1.96. The number of halogens is 1. The van der Waals surface area contributed by atoms with E-state index in [1.165, 1.54) is 18.2 Å². The lowest BCUT2D eigenvalue weighted by molar-refractivity contribution is -0.114. The van der Waals surface area contributed by atoms with Crippen LogP contribution in [-0.2, 0) is 11.2 Å². The highest BCUT2D eigenvalue weighted by Crippen LogP contribution is 2.17. The molecule has 0 unspecified atom stereocenters. The average Bonchev–Trinajstić information content (AvgIpc) is 2.05. The maximum atomic E-state index is 12.7. The highest BCUT2D eigenvalue weighted by atomic mass is 19.1. The van der Waals surface area contributed by atoms with Gasteiger partial charge in [0.2, 0.25) is 0 Å². The van der Waals surface area contributed by atoms with Crippen LogP contribution in [-0.4, -0.2) is 5.78 Å². The van der Waals surface area contributed by atoms with Crippen LogP contribution in [0.2, 0.25) is 0 Å². The minimum atomic E-state index is -0.257. The van der Waals surface area contributed by atoms with E-state index in [1.54, 1.807) is 12.1 Å². The van der Waals surface area contributed by atoms with Crippen molar-refractivity contribution >= 4 is 11.9 Å². The van der Waals surface area contributed by atoms with Gasteiger partial charge in [0.05, 0.1) is 0 Å². The van der Waals surface area contributed by atoms with Gasteiger partial charge in [0.25, 0.3) is 0 Å². The van der Waals surface area contributed by atoms with E-state index >= 15 is 0 Å². The van der Waals surface area contributed by atoms with Gasteiger partial charge < -0.3 is 0 Å². The third-order valence-electron chi connectivity index (χ3n) is 1.92. The lowest BCUT2D eigenvalue weighted by Gasteiger charge is -2.08. The van der Waals surface area contributed by atoms with E-state index < -0.39 is 0 Å². The van der Waals surface area contributed by atoms with Crippen molar-refractivity contribution in [2.75, 3.05) is 0 Å². The quantitative estimate of drug-likeness (QED) is 0.570. The molecule has 0 aliphatic heterocycles. The van der Waals surface area contributed by atoms with Crippen molar-refractivity contribution in [2.24, 2.45) is 0 Å². The Labute approximate surface area is 69.5 Å². The molecule has 0 saturated heterocycles. The molecule has 0 radical (unpaired) electrons. The lowest BCUT2D eigenvalue weighted by atomic mass is 9.97. The normalized spacial score (nSPS) is 14.6. The number of fused-ring (bicyclic) bond motifs is 1. The Hall–Kier alpha value is -1.44. The first-order valence-corrected chi connectivity index (χ1v) is 3.75. The Balaban J connectivity index is 2.54. The average molecular weight is 162 g/mol. The summed E-state index contributed by atoms with van der Waals surface area (Å²) in [6.07, 6.45) is 3.54. The Morgan fingerprint density at radius 1 is 1.25 bits per heavy atom. The third-order valence-corrected chi connectivity index (χ3v) is 1.92. The van der Waals surface area contributed by atoms with E-state index in [0.717, 1.165) is 11.1 Å². The predicted molar refractivity (Wildman–Crippen MR) is 44.1 cm³/mol. The molecule has 12 heavy (non-hydrogen) atoms. The molecule has 0 amide bonds. The van der Waals surface area contributed by atoms with E-state index in [-0.39, 0.29) is 11.6 Å². The minimum absolute atomic E-state index is 0.0779. The van der Waals surface area contributed by atoms with Crippen LogP contribution in [0.4, 0.5) is 4.39 Å². The van der Waals surface area contributed by atoms with Crippen LogP contribution in [0, 0.1) is 5.82 Å². The van der Waals surface area contributed by atoms with Crippen LogP contribution >= 0.6 is 0 Å². The molecular weight excluding hydrogens is 155 g/mol. The zero-order chi connectivity index (χ0) is 8.55. The van der Waals surface area contributed by atoms with Crippen LogP contribution in [0.25, 0.3) is 6.08 Å². The molecule has 1 aromatic carbocycles. The summed E-state index contributed by atoms with van der Waals surface area (Å²) in [7, 11) is 0.